The van der Waals surface area contributed by atoms with Crippen molar-refractivity contribution in [3.63, 3.8) is 0 Å². The van der Waals surface area contributed by atoms with Crippen molar-refractivity contribution in [2.75, 3.05) is 46.9 Å². The van der Waals surface area contributed by atoms with Gasteiger partial charge in [-0.15, -0.1) is 0 Å². The SMILES string of the molecule is CCN(C)CCN1CCC(OC)CC1. The second-order valence-electron chi connectivity index (χ2n) is 4.17. The Bertz CT molecular complexity index is 144. The summed E-state index contributed by atoms with van der Waals surface area (Å²) in [5.41, 5.74) is 0. The van der Waals surface area contributed by atoms with Gasteiger partial charge in [-0.3, -0.25) is 0 Å². The summed E-state index contributed by atoms with van der Waals surface area (Å²) in [6.07, 6.45) is 2.91. The lowest BCUT2D eigenvalue weighted by molar-refractivity contribution is 0.0391. The highest BCUT2D eigenvalue weighted by atomic mass is 16.5. The third kappa shape index (κ3) is 3.95. The first kappa shape index (κ1) is 12.0. The smallest absolute Gasteiger partial charge is 0.0595 e. The molecule has 0 aromatic heterocycles. The minimum atomic E-state index is 0.509. The Morgan fingerprint density at radius 3 is 2.50 bits per heavy atom. The predicted octanol–water partition coefficient (Wildman–Crippen LogP) is 1.05. The Kier molecular flexibility index (Phi) is 5.45. The summed E-state index contributed by atoms with van der Waals surface area (Å²) in [6.45, 7) is 8.16. The zero-order valence-corrected chi connectivity index (χ0v) is 9.83. The molecule has 0 aromatic carbocycles. The summed E-state index contributed by atoms with van der Waals surface area (Å²) >= 11 is 0. The minimum absolute atomic E-state index is 0.509. The number of rotatable bonds is 5. The van der Waals surface area contributed by atoms with Crippen molar-refractivity contribution >= 4 is 0 Å². The van der Waals surface area contributed by atoms with Crippen LogP contribution in [-0.2, 0) is 4.74 Å². The van der Waals surface area contributed by atoms with Crippen LogP contribution in [0.15, 0.2) is 0 Å². The fourth-order valence-electron chi connectivity index (χ4n) is 1.84. The number of likely N-dealkylation sites (tertiary alicyclic amines) is 1. The van der Waals surface area contributed by atoms with E-state index in [1.807, 2.05) is 7.11 Å². The van der Waals surface area contributed by atoms with Gasteiger partial charge in [-0.05, 0) is 26.4 Å². The Balaban J connectivity index is 2.10. The molecule has 0 N–H and O–H groups in total. The van der Waals surface area contributed by atoms with Gasteiger partial charge in [0.05, 0.1) is 6.10 Å². The van der Waals surface area contributed by atoms with Crippen LogP contribution < -0.4 is 0 Å². The van der Waals surface area contributed by atoms with E-state index in [1.165, 1.54) is 39.0 Å². The molecule has 0 atom stereocenters. The molecule has 1 fully saturated rings. The van der Waals surface area contributed by atoms with E-state index >= 15 is 0 Å². The lowest BCUT2D eigenvalue weighted by Crippen LogP contribution is -2.40. The van der Waals surface area contributed by atoms with E-state index in [9.17, 15) is 0 Å². The van der Waals surface area contributed by atoms with Gasteiger partial charge in [-0.25, -0.2) is 0 Å². The lowest BCUT2D eigenvalue weighted by Gasteiger charge is -2.32. The Morgan fingerprint density at radius 2 is 2.00 bits per heavy atom. The van der Waals surface area contributed by atoms with Crippen LogP contribution in [-0.4, -0.2) is 62.8 Å². The molecule has 0 aromatic rings. The number of hydrogen-bond acceptors (Lipinski definition) is 3. The maximum atomic E-state index is 5.35. The molecule has 14 heavy (non-hydrogen) atoms. The molecule has 0 radical (unpaired) electrons. The van der Waals surface area contributed by atoms with Gasteiger partial charge in [-0.2, -0.15) is 0 Å². The second kappa shape index (κ2) is 6.38. The Labute approximate surface area is 88.0 Å². The molecule has 0 amide bonds. The molecular weight excluding hydrogens is 176 g/mol. The van der Waals surface area contributed by atoms with Gasteiger partial charge >= 0.3 is 0 Å². The quantitative estimate of drug-likeness (QED) is 0.660. The van der Waals surface area contributed by atoms with Crippen molar-refractivity contribution in [3.8, 4) is 0 Å². The fraction of sp³-hybridized carbons (Fsp3) is 1.00. The Hall–Kier alpha value is -0.120. The van der Waals surface area contributed by atoms with E-state index < -0.39 is 0 Å². The monoisotopic (exact) mass is 200 g/mol. The van der Waals surface area contributed by atoms with Crippen LogP contribution in [0.2, 0.25) is 0 Å². The average molecular weight is 200 g/mol. The highest BCUT2D eigenvalue weighted by Gasteiger charge is 2.18. The third-order valence-electron chi connectivity index (χ3n) is 3.21. The number of ether oxygens (including phenoxy) is 1. The first-order valence-corrected chi connectivity index (χ1v) is 5.70. The highest BCUT2D eigenvalue weighted by molar-refractivity contribution is 4.72. The van der Waals surface area contributed by atoms with Gasteiger partial charge in [0.25, 0.3) is 0 Å². The van der Waals surface area contributed by atoms with Gasteiger partial charge in [0.2, 0.25) is 0 Å². The minimum Gasteiger partial charge on any atom is -0.381 e. The highest BCUT2D eigenvalue weighted by Crippen LogP contribution is 2.12. The molecule has 0 aliphatic carbocycles. The molecule has 1 rings (SSSR count). The summed E-state index contributed by atoms with van der Waals surface area (Å²) in [7, 11) is 4.01. The lowest BCUT2D eigenvalue weighted by atomic mass is 10.1. The standard InChI is InChI=1S/C11H24N2O/c1-4-12(2)9-10-13-7-5-11(14-3)6-8-13/h11H,4-10H2,1-3H3. The molecule has 84 valence electrons. The maximum Gasteiger partial charge on any atom is 0.0595 e. The molecule has 1 aliphatic heterocycles. The number of nitrogens with zero attached hydrogens (tertiary/aromatic N) is 2. The fourth-order valence-corrected chi connectivity index (χ4v) is 1.84. The van der Waals surface area contributed by atoms with Gasteiger partial charge in [0.15, 0.2) is 0 Å². The molecule has 3 heteroatoms. The van der Waals surface area contributed by atoms with Crippen molar-refractivity contribution in [1.29, 1.82) is 0 Å². The van der Waals surface area contributed by atoms with Gasteiger partial charge < -0.3 is 14.5 Å². The van der Waals surface area contributed by atoms with Crippen molar-refractivity contribution in [2.45, 2.75) is 25.9 Å². The van der Waals surface area contributed by atoms with Crippen LogP contribution in [0.4, 0.5) is 0 Å². The van der Waals surface area contributed by atoms with Gasteiger partial charge in [-0.1, -0.05) is 6.92 Å². The summed E-state index contributed by atoms with van der Waals surface area (Å²) in [4.78, 5) is 4.91. The second-order valence-corrected chi connectivity index (χ2v) is 4.17. The molecule has 0 spiro atoms. The summed E-state index contributed by atoms with van der Waals surface area (Å²) < 4.78 is 5.35. The molecule has 0 unspecified atom stereocenters. The number of hydrogen-bond donors (Lipinski definition) is 0. The van der Waals surface area contributed by atoms with Crippen molar-refractivity contribution in [1.82, 2.24) is 9.80 Å². The maximum absolute atomic E-state index is 5.35. The predicted molar refractivity (Wildman–Crippen MR) is 59.6 cm³/mol. The van der Waals surface area contributed by atoms with Crippen LogP contribution in [0, 0.1) is 0 Å². The molecule has 1 heterocycles. The normalized spacial score (nSPS) is 20.6. The Morgan fingerprint density at radius 1 is 1.36 bits per heavy atom. The van der Waals surface area contributed by atoms with Crippen LogP contribution in [0.3, 0.4) is 0 Å². The molecular formula is C11H24N2O. The summed E-state index contributed by atoms with van der Waals surface area (Å²) in [5, 5.41) is 0. The van der Waals surface area contributed by atoms with Crippen LogP contribution in [0.1, 0.15) is 19.8 Å². The number of likely N-dealkylation sites (N-methyl/N-ethyl adjacent to an activating group) is 1. The van der Waals surface area contributed by atoms with Crippen molar-refractivity contribution in [3.05, 3.63) is 0 Å². The molecule has 1 saturated heterocycles. The van der Waals surface area contributed by atoms with E-state index in [0.717, 1.165) is 6.54 Å². The first-order chi connectivity index (χ1) is 6.76. The van der Waals surface area contributed by atoms with Crippen LogP contribution in [0.5, 0.6) is 0 Å². The topological polar surface area (TPSA) is 15.7 Å². The summed E-state index contributed by atoms with van der Waals surface area (Å²) in [5.74, 6) is 0. The van der Waals surface area contributed by atoms with E-state index in [0.29, 0.717) is 6.10 Å². The largest absolute Gasteiger partial charge is 0.381 e. The van der Waals surface area contributed by atoms with E-state index in [1.54, 1.807) is 0 Å². The van der Waals surface area contributed by atoms with E-state index in [2.05, 4.69) is 23.8 Å². The molecule has 0 bridgehead atoms. The zero-order chi connectivity index (χ0) is 10.4. The van der Waals surface area contributed by atoms with E-state index in [4.69, 9.17) is 4.74 Å². The third-order valence-corrected chi connectivity index (χ3v) is 3.21. The van der Waals surface area contributed by atoms with Gasteiger partial charge in [0.1, 0.15) is 0 Å². The summed E-state index contributed by atoms with van der Waals surface area (Å²) in [6, 6.07) is 0. The average Bonchev–Trinajstić information content (AvgIpc) is 2.26. The zero-order valence-electron chi connectivity index (χ0n) is 9.83. The van der Waals surface area contributed by atoms with E-state index in [-0.39, 0.29) is 0 Å². The van der Waals surface area contributed by atoms with Crippen LogP contribution >= 0.6 is 0 Å². The molecule has 3 nitrogen and oxygen atoms in total. The van der Waals surface area contributed by atoms with Crippen LogP contribution in [0.25, 0.3) is 0 Å². The number of methoxy groups -OCH3 is 1. The molecule has 1 aliphatic rings. The van der Waals surface area contributed by atoms with Crippen molar-refractivity contribution < 1.29 is 4.74 Å². The van der Waals surface area contributed by atoms with Crippen molar-refractivity contribution in [2.24, 2.45) is 0 Å². The number of piperidine rings is 1. The van der Waals surface area contributed by atoms with Gasteiger partial charge in [0, 0.05) is 33.3 Å². The molecule has 0 saturated carbocycles. The first-order valence-electron chi connectivity index (χ1n) is 5.70.